The van der Waals surface area contributed by atoms with Crippen molar-refractivity contribution in [1.82, 2.24) is 14.9 Å². The molecule has 0 radical (unpaired) electrons. The number of nitro benzene ring substituents is 1. The number of fused-ring (bicyclic) bond motifs is 1. The van der Waals surface area contributed by atoms with Crippen molar-refractivity contribution in [3.05, 3.63) is 69.8 Å². The molecule has 0 spiro atoms. The molecule has 1 amide bonds. The predicted octanol–water partition coefficient (Wildman–Crippen LogP) is 2.52. The van der Waals surface area contributed by atoms with E-state index < -0.39 is 4.92 Å². The molecule has 3 aromatic rings. The summed E-state index contributed by atoms with van der Waals surface area (Å²) in [5.41, 5.74) is 2.11. The Labute approximate surface area is 148 Å². The lowest BCUT2D eigenvalue weighted by atomic mass is 10.1. The van der Waals surface area contributed by atoms with Crippen molar-refractivity contribution in [2.24, 2.45) is 7.05 Å². The molecule has 0 fully saturated rings. The van der Waals surface area contributed by atoms with E-state index in [1.165, 1.54) is 24.3 Å². The van der Waals surface area contributed by atoms with Gasteiger partial charge in [-0.3, -0.25) is 14.9 Å². The largest absolute Gasteiger partial charge is 0.355 e. The minimum atomic E-state index is -0.480. The van der Waals surface area contributed by atoms with E-state index in [1.54, 1.807) is 18.2 Å². The first-order valence-corrected chi connectivity index (χ1v) is 8.05. The van der Waals surface area contributed by atoms with Crippen LogP contribution in [0.25, 0.3) is 11.0 Å². The summed E-state index contributed by atoms with van der Waals surface area (Å²) in [5.74, 6) is 0.239. The maximum absolute atomic E-state index is 13.3. The Bertz CT molecular complexity index is 966. The van der Waals surface area contributed by atoms with Gasteiger partial charge in [-0.1, -0.05) is 12.1 Å². The molecule has 0 aliphatic rings. The van der Waals surface area contributed by atoms with Gasteiger partial charge in [-0.25, -0.2) is 9.37 Å². The number of imidazole rings is 1. The van der Waals surface area contributed by atoms with Gasteiger partial charge < -0.3 is 9.88 Å². The van der Waals surface area contributed by atoms with Gasteiger partial charge in [0.05, 0.1) is 22.4 Å². The minimum Gasteiger partial charge on any atom is -0.355 e. The van der Waals surface area contributed by atoms with Crippen molar-refractivity contribution in [1.29, 1.82) is 0 Å². The lowest BCUT2D eigenvalue weighted by molar-refractivity contribution is -0.384. The first kappa shape index (κ1) is 17.5. The van der Waals surface area contributed by atoms with Crippen LogP contribution >= 0.6 is 0 Å². The highest BCUT2D eigenvalue weighted by atomic mass is 19.1. The van der Waals surface area contributed by atoms with Crippen molar-refractivity contribution in [3.8, 4) is 0 Å². The number of hydrogen-bond acceptors (Lipinski definition) is 4. The third-order valence-electron chi connectivity index (χ3n) is 4.12. The standard InChI is InChI=1S/C18H17FN4O3/c1-22-16-7-4-13(19)11-15(16)21-17(22)8-9-20-18(24)10-12-2-5-14(6-3-12)23(25)26/h2-7,11H,8-10H2,1H3,(H,20,24). The first-order valence-electron chi connectivity index (χ1n) is 8.05. The molecule has 134 valence electrons. The highest BCUT2D eigenvalue weighted by Gasteiger charge is 2.10. The van der Waals surface area contributed by atoms with Gasteiger partial charge >= 0.3 is 0 Å². The maximum atomic E-state index is 13.3. The van der Waals surface area contributed by atoms with E-state index in [0.29, 0.717) is 24.0 Å². The first-order chi connectivity index (χ1) is 12.4. The fourth-order valence-electron chi connectivity index (χ4n) is 2.74. The van der Waals surface area contributed by atoms with E-state index in [-0.39, 0.29) is 23.8 Å². The van der Waals surface area contributed by atoms with E-state index in [2.05, 4.69) is 10.3 Å². The number of benzene rings is 2. The number of carbonyl (C=O) groups excluding carboxylic acids is 1. The molecule has 26 heavy (non-hydrogen) atoms. The van der Waals surface area contributed by atoms with Crippen molar-refractivity contribution < 1.29 is 14.1 Å². The second-order valence-corrected chi connectivity index (χ2v) is 5.92. The lowest BCUT2D eigenvalue weighted by Crippen LogP contribution is -2.27. The highest BCUT2D eigenvalue weighted by Crippen LogP contribution is 2.16. The van der Waals surface area contributed by atoms with Gasteiger partial charge in [0.1, 0.15) is 11.6 Å². The summed E-state index contributed by atoms with van der Waals surface area (Å²) < 4.78 is 15.1. The van der Waals surface area contributed by atoms with Gasteiger partial charge in [-0.05, 0) is 17.7 Å². The van der Waals surface area contributed by atoms with Gasteiger partial charge in [0.2, 0.25) is 5.91 Å². The lowest BCUT2D eigenvalue weighted by Gasteiger charge is -2.06. The number of non-ortho nitro benzene ring substituents is 1. The number of nitrogens with zero attached hydrogens (tertiary/aromatic N) is 3. The van der Waals surface area contributed by atoms with Crippen LogP contribution in [0.2, 0.25) is 0 Å². The Morgan fingerprint density at radius 2 is 2.00 bits per heavy atom. The number of amides is 1. The molecule has 0 saturated carbocycles. The van der Waals surface area contributed by atoms with Gasteiger partial charge in [-0.2, -0.15) is 0 Å². The van der Waals surface area contributed by atoms with Gasteiger partial charge in [0.15, 0.2) is 0 Å². The fourth-order valence-corrected chi connectivity index (χ4v) is 2.74. The van der Waals surface area contributed by atoms with Crippen molar-refractivity contribution in [3.63, 3.8) is 0 Å². The molecule has 1 aromatic heterocycles. The SMILES string of the molecule is Cn1c(CCNC(=O)Cc2ccc([N+](=O)[O-])cc2)nc2cc(F)ccc21. The smallest absolute Gasteiger partial charge is 0.269 e. The molecule has 0 bridgehead atoms. The molecule has 0 unspecified atom stereocenters. The van der Waals surface area contributed by atoms with Crippen LogP contribution in [-0.4, -0.2) is 26.9 Å². The van der Waals surface area contributed by atoms with Crippen LogP contribution in [0, 0.1) is 15.9 Å². The molecule has 0 aliphatic heterocycles. The van der Waals surface area contributed by atoms with Crippen molar-refractivity contribution in [2.75, 3.05) is 6.54 Å². The zero-order chi connectivity index (χ0) is 18.7. The number of aryl methyl sites for hydroxylation is 1. The maximum Gasteiger partial charge on any atom is 0.269 e. The number of nitrogens with one attached hydrogen (secondary N) is 1. The molecule has 0 aliphatic carbocycles. The van der Waals surface area contributed by atoms with Gasteiger partial charge in [-0.15, -0.1) is 0 Å². The van der Waals surface area contributed by atoms with E-state index in [9.17, 15) is 19.3 Å². The molecule has 0 atom stereocenters. The molecule has 0 saturated heterocycles. The highest BCUT2D eigenvalue weighted by molar-refractivity contribution is 5.78. The molecular weight excluding hydrogens is 339 g/mol. The number of halogens is 1. The average molecular weight is 356 g/mol. The molecule has 2 aromatic carbocycles. The van der Waals surface area contributed by atoms with Crippen LogP contribution in [0.5, 0.6) is 0 Å². The molecule has 8 heteroatoms. The summed E-state index contributed by atoms with van der Waals surface area (Å²) in [5, 5.41) is 13.4. The number of hydrogen-bond donors (Lipinski definition) is 1. The normalized spacial score (nSPS) is 10.8. The monoisotopic (exact) mass is 356 g/mol. The van der Waals surface area contributed by atoms with E-state index in [4.69, 9.17) is 0 Å². The molecule has 7 nitrogen and oxygen atoms in total. The number of aromatic nitrogens is 2. The van der Waals surface area contributed by atoms with Crippen LogP contribution in [0.1, 0.15) is 11.4 Å². The summed E-state index contributed by atoms with van der Waals surface area (Å²) in [7, 11) is 1.85. The zero-order valence-electron chi connectivity index (χ0n) is 14.1. The topological polar surface area (TPSA) is 90.1 Å². The quantitative estimate of drug-likeness (QED) is 0.543. The van der Waals surface area contributed by atoms with E-state index >= 15 is 0 Å². The summed E-state index contributed by atoms with van der Waals surface area (Å²) >= 11 is 0. The third-order valence-corrected chi connectivity index (χ3v) is 4.12. The Morgan fingerprint density at radius 1 is 1.27 bits per heavy atom. The van der Waals surface area contributed by atoms with Gasteiger partial charge in [0.25, 0.3) is 5.69 Å². The molecular formula is C18H17FN4O3. The average Bonchev–Trinajstić information content (AvgIpc) is 2.90. The Kier molecular flexibility index (Phi) is 4.92. The van der Waals surface area contributed by atoms with Crippen LogP contribution in [0.3, 0.4) is 0 Å². The van der Waals surface area contributed by atoms with Gasteiger partial charge in [0, 0.05) is 38.2 Å². The third kappa shape index (κ3) is 3.85. The predicted molar refractivity (Wildman–Crippen MR) is 94.2 cm³/mol. The minimum absolute atomic E-state index is 0.00700. The van der Waals surface area contributed by atoms with Crippen LogP contribution in [0.15, 0.2) is 42.5 Å². The molecule has 1 heterocycles. The zero-order valence-corrected chi connectivity index (χ0v) is 14.1. The summed E-state index contributed by atoms with van der Waals surface area (Å²) in [6.07, 6.45) is 0.657. The Hall–Kier alpha value is -3.29. The number of nitro groups is 1. The van der Waals surface area contributed by atoms with Crippen LogP contribution in [0.4, 0.5) is 10.1 Å². The summed E-state index contributed by atoms with van der Waals surface area (Å²) in [6, 6.07) is 10.3. The molecule has 1 N–H and O–H groups in total. The Morgan fingerprint density at radius 3 is 2.69 bits per heavy atom. The van der Waals surface area contributed by atoms with Crippen LogP contribution in [-0.2, 0) is 24.7 Å². The van der Waals surface area contributed by atoms with E-state index in [0.717, 1.165) is 11.3 Å². The van der Waals surface area contributed by atoms with E-state index in [1.807, 2.05) is 11.6 Å². The Balaban J connectivity index is 1.55. The van der Waals surface area contributed by atoms with Crippen molar-refractivity contribution >= 4 is 22.6 Å². The fraction of sp³-hybridized carbons (Fsp3) is 0.222. The summed E-state index contributed by atoms with van der Waals surface area (Å²) in [4.78, 5) is 26.5. The van der Waals surface area contributed by atoms with Crippen LogP contribution < -0.4 is 5.32 Å². The summed E-state index contributed by atoms with van der Waals surface area (Å²) in [6.45, 7) is 0.394. The molecule has 3 rings (SSSR count). The number of carbonyl (C=O) groups is 1. The second-order valence-electron chi connectivity index (χ2n) is 5.92. The second kappa shape index (κ2) is 7.30. The number of rotatable bonds is 6. The van der Waals surface area contributed by atoms with Crippen molar-refractivity contribution in [2.45, 2.75) is 12.8 Å².